The molecule has 0 atom stereocenters. The predicted molar refractivity (Wildman–Crippen MR) is 96.7 cm³/mol. The number of amides is 1. The summed E-state index contributed by atoms with van der Waals surface area (Å²) in [6.07, 6.45) is 7.78. The minimum atomic E-state index is -0.108. The van der Waals surface area contributed by atoms with Crippen LogP contribution in [0.2, 0.25) is 0 Å². The molecule has 0 bridgehead atoms. The average molecular weight is 331 g/mol. The van der Waals surface area contributed by atoms with Crippen molar-refractivity contribution in [2.75, 3.05) is 11.9 Å². The maximum atomic E-state index is 12.7. The Morgan fingerprint density at radius 2 is 2.08 bits per heavy atom. The lowest BCUT2D eigenvalue weighted by molar-refractivity contribution is -0.113. The third-order valence-corrected chi connectivity index (χ3v) is 4.08. The Morgan fingerprint density at radius 3 is 2.96 bits per heavy atom. The van der Waals surface area contributed by atoms with Crippen molar-refractivity contribution in [2.45, 2.75) is 6.42 Å². The lowest BCUT2D eigenvalue weighted by Crippen LogP contribution is -2.15. The van der Waals surface area contributed by atoms with Gasteiger partial charge in [-0.05, 0) is 30.3 Å². The van der Waals surface area contributed by atoms with E-state index in [0.29, 0.717) is 18.6 Å². The minimum absolute atomic E-state index is 0.108. The number of fused-ring (bicyclic) bond motifs is 1. The standard InChI is InChI=1S/C20H17N3O2/c24-20(16-8-11-25-19-7-2-1-4-15(19)12-16)22-17-5-3-6-18(13-17)23-10-9-21-14-23/h1-7,9-10,12-14H,8,11H2,(H,22,24). The van der Waals surface area contributed by atoms with Crippen LogP contribution in [0.4, 0.5) is 5.69 Å². The number of carbonyl (C=O) groups is 1. The van der Waals surface area contributed by atoms with Gasteiger partial charge in [-0.15, -0.1) is 0 Å². The summed E-state index contributed by atoms with van der Waals surface area (Å²) in [7, 11) is 0. The molecule has 1 aromatic heterocycles. The van der Waals surface area contributed by atoms with Gasteiger partial charge in [-0.3, -0.25) is 4.79 Å². The van der Waals surface area contributed by atoms with Crippen LogP contribution in [0.3, 0.4) is 0 Å². The fourth-order valence-corrected chi connectivity index (χ4v) is 2.81. The monoisotopic (exact) mass is 331 g/mol. The molecule has 0 unspecified atom stereocenters. The third-order valence-electron chi connectivity index (χ3n) is 4.08. The van der Waals surface area contributed by atoms with Crippen LogP contribution in [0.25, 0.3) is 11.8 Å². The number of benzene rings is 2. The van der Waals surface area contributed by atoms with Crippen molar-refractivity contribution in [1.82, 2.24) is 9.55 Å². The Kier molecular flexibility index (Phi) is 4.04. The zero-order valence-corrected chi connectivity index (χ0v) is 13.6. The van der Waals surface area contributed by atoms with Gasteiger partial charge in [-0.2, -0.15) is 0 Å². The molecule has 4 rings (SSSR count). The topological polar surface area (TPSA) is 56.2 Å². The minimum Gasteiger partial charge on any atom is -0.493 e. The van der Waals surface area contributed by atoms with Crippen molar-refractivity contribution in [3.05, 3.63) is 78.4 Å². The number of anilines is 1. The maximum Gasteiger partial charge on any atom is 0.251 e. The largest absolute Gasteiger partial charge is 0.493 e. The summed E-state index contributed by atoms with van der Waals surface area (Å²) in [5, 5.41) is 2.98. The van der Waals surface area contributed by atoms with Crippen LogP contribution >= 0.6 is 0 Å². The first-order valence-corrected chi connectivity index (χ1v) is 8.12. The highest BCUT2D eigenvalue weighted by Crippen LogP contribution is 2.26. The Hall–Kier alpha value is -3.34. The lowest BCUT2D eigenvalue weighted by Gasteiger charge is -2.09. The summed E-state index contributed by atoms with van der Waals surface area (Å²) in [5.74, 6) is 0.704. The maximum absolute atomic E-state index is 12.7. The van der Waals surface area contributed by atoms with E-state index >= 15 is 0 Å². The van der Waals surface area contributed by atoms with E-state index in [9.17, 15) is 4.79 Å². The lowest BCUT2D eigenvalue weighted by atomic mass is 10.1. The Labute approximate surface area is 145 Å². The van der Waals surface area contributed by atoms with Crippen molar-refractivity contribution >= 4 is 17.7 Å². The van der Waals surface area contributed by atoms with Crippen LogP contribution in [-0.4, -0.2) is 22.1 Å². The van der Waals surface area contributed by atoms with E-state index in [1.165, 1.54) is 0 Å². The first-order valence-electron chi connectivity index (χ1n) is 8.12. The smallest absolute Gasteiger partial charge is 0.251 e. The Balaban J connectivity index is 1.56. The van der Waals surface area contributed by atoms with Gasteiger partial charge >= 0.3 is 0 Å². The summed E-state index contributed by atoms with van der Waals surface area (Å²) in [6, 6.07) is 15.4. The van der Waals surface area contributed by atoms with Crippen molar-refractivity contribution < 1.29 is 9.53 Å². The zero-order valence-electron chi connectivity index (χ0n) is 13.6. The van der Waals surface area contributed by atoms with Gasteiger partial charge in [0.2, 0.25) is 0 Å². The summed E-state index contributed by atoms with van der Waals surface area (Å²) in [4.78, 5) is 16.7. The molecule has 0 spiro atoms. The molecule has 25 heavy (non-hydrogen) atoms. The van der Waals surface area contributed by atoms with E-state index in [4.69, 9.17) is 4.74 Å². The highest BCUT2D eigenvalue weighted by atomic mass is 16.5. The molecule has 5 heteroatoms. The van der Waals surface area contributed by atoms with Crippen LogP contribution in [0.15, 0.2) is 72.8 Å². The molecule has 0 aliphatic carbocycles. The number of ether oxygens (including phenoxy) is 1. The van der Waals surface area contributed by atoms with E-state index in [1.807, 2.05) is 65.4 Å². The number of imidazole rings is 1. The van der Waals surface area contributed by atoms with E-state index in [1.54, 1.807) is 12.5 Å². The molecule has 0 fully saturated rings. The van der Waals surface area contributed by atoms with Crippen LogP contribution in [0.1, 0.15) is 12.0 Å². The number of rotatable bonds is 3. The number of hydrogen-bond acceptors (Lipinski definition) is 3. The first-order chi connectivity index (χ1) is 12.3. The van der Waals surface area contributed by atoms with Crippen molar-refractivity contribution in [3.8, 4) is 11.4 Å². The van der Waals surface area contributed by atoms with Gasteiger partial charge in [0.1, 0.15) is 5.75 Å². The summed E-state index contributed by atoms with van der Waals surface area (Å²) in [5.41, 5.74) is 3.32. The quantitative estimate of drug-likeness (QED) is 0.796. The molecule has 3 aromatic rings. The van der Waals surface area contributed by atoms with Gasteiger partial charge in [-0.25, -0.2) is 4.98 Å². The number of nitrogens with zero attached hydrogens (tertiary/aromatic N) is 2. The van der Waals surface area contributed by atoms with E-state index < -0.39 is 0 Å². The molecule has 1 aliphatic heterocycles. The zero-order chi connectivity index (χ0) is 17.1. The van der Waals surface area contributed by atoms with E-state index in [-0.39, 0.29) is 5.91 Å². The van der Waals surface area contributed by atoms with Gasteiger partial charge in [0.05, 0.1) is 12.9 Å². The van der Waals surface area contributed by atoms with Crippen LogP contribution < -0.4 is 10.1 Å². The molecule has 1 N–H and O–H groups in total. The van der Waals surface area contributed by atoms with E-state index in [0.717, 1.165) is 22.7 Å². The first kappa shape index (κ1) is 15.2. The van der Waals surface area contributed by atoms with Gasteiger partial charge < -0.3 is 14.6 Å². The number of aromatic nitrogens is 2. The molecular formula is C20H17N3O2. The molecular weight excluding hydrogens is 314 g/mol. The number of hydrogen-bond donors (Lipinski definition) is 1. The molecule has 2 aromatic carbocycles. The van der Waals surface area contributed by atoms with Crippen LogP contribution in [0.5, 0.6) is 5.75 Å². The highest BCUT2D eigenvalue weighted by molar-refractivity contribution is 6.07. The Bertz CT molecular complexity index is 930. The predicted octanol–water partition coefficient (Wildman–Crippen LogP) is 3.68. The summed E-state index contributed by atoms with van der Waals surface area (Å²) < 4.78 is 7.60. The molecule has 124 valence electrons. The summed E-state index contributed by atoms with van der Waals surface area (Å²) in [6.45, 7) is 0.491. The SMILES string of the molecule is O=C(Nc1cccc(-n2ccnc2)c1)C1=Cc2ccccc2OCC1. The fraction of sp³-hybridized carbons (Fsp3) is 0.100. The average Bonchev–Trinajstić information content (AvgIpc) is 3.08. The number of nitrogens with one attached hydrogen (secondary N) is 1. The van der Waals surface area contributed by atoms with Gasteiger partial charge in [0.15, 0.2) is 0 Å². The molecule has 0 radical (unpaired) electrons. The second-order valence-corrected chi connectivity index (χ2v) is 5.78. The fourth-order valence-electron chi connectivity index (χ4n) is 2.81. The molecule has 2 heterocycles. The molecule has 0 saturated carbocycles. The number of para-hydroxylation sites is 1. The van der Waals surface area contributed by atoms with E-state index in [2.05, 4.69) is 10.3 Å². The van der Waals surface area contributed by atoms with Crippen LogP contribution in [-0.2, 0) is 4.79 Å². The second-order valence-electron chi connectivity index (χ2n) is 5.78. The number of carbonyl (C=O) groups excluding carboxylic acids is 1. The van der Waals surface area contributed by atoms with Gasteiger partial charge in [0.25, 0.3) is 5.91 Å². The Morgan fingerprint density at radius 1 is 1.16 bits per heavy atom. The third kappa shape index (κ3) is 3.30. The molecule has 1 amide bonds. The molecule has 0 saturated heterocycles. The second kappa shape index (κ2) is 6.65. The van der Waals surface area contributed by atoms with Crippen LogP contribution in [0, 0.1) is 0 Å². The van der Waals surface area contributed by atoms with Crippen molar-refractivity contribution in [1.29, 1.82) is 0 Å². The summed E-state index contributed by atoms with van der Waals surface area (Å²) >= 11 is 0. The van der Waals surface area contributed by atoms with Gasteiger partial charge in [0, 0.05) is 41.3 Å². The normalized spacial score (nSPS) is 13.2. The highest BCUT2D eigenvalue weighted by Gasteiger charge is 2.15. The van der Waals surface area contributed by atoms with Gasteiger partial charge in [-0.1, -0.05) is 24.3 Å². The van der Waals surface area contributed by atoms with Crippen molar-refractivity contribution in [2.24, 2.45) is 0 Å². The molecule has 5 nitrogen and oxygen atoms in total. The van der Waals surface area contributed by atoms with Crippen molar-refractivity contribution in [3.63, 3.8) is 0 Å². The molecule has 1 aliphatic rings.